The molecule has 1 aliphatic heterocycles. The third kappa shape index (κ3) is 4.77. The Morgan fingerprint density at radius 3 is 2.67 bits per heavy atom. The lowest BCUT2D eigenvalue weighted by Crippen LogP contribution is -2.47. The van der Waals surface area contributed by atoms with E-state index in [-0.39, 0.29) is 22.8 Å². The Morgan fingerprint density at radius 2 is 2.00 bits per heavy atom. The molecule has 1 aliphatic rings. The van der Waals surface area contributed by atoms with Gasteiger partial charge in [0.2, 0.25) is 0 Å². The molecular weight excluding hydrogens is 270 g/mol. The van der Waals surface area contributed by atoms with Gasteiger partial charge in [0.15, 0.2) is 0 Å². The van der Waals surface area contributed by atoms with Crippen molar-refractivity contribution in [2.24, 2.45) is 0 Å². The Kier molecular flexibility index (Phi) is 5.67. The molecule has 0 saturated carbocycles. The number of benzene rings is 1. The van der Waals surface area contributed by atoms with Gasteiger partial charge < -0.3 is 10.1 Å². The molecule has 1 N–H and O–H groups in total. The van der Waals surface area contributed by atoms with Crippen molar-refractivity contribution in [3.63, 3.8) is 0 Å². The van der Waals surface area contributed by atoms with Crippen LogP contribution in [0, 0.1) is 10.1 Å². The van der Waals surface area contributed by atoms with Crippen molar-refractivity contribution in [3.8, 4) is 0 Å². The number of para-hydroxylation sites is 1. The molecule has 2 rings (SSSR count). The fraction of sp³-hybridized carbons (Fsp3) is 0.600. The highest BCUT2D eigenvalue weighted by atomic mass is 16.6. The molecule has 1 saturated heterocycles. The summed E-state index contributed by atoms with van der Waals surface area (Å²) in [5.74, 6) is 0. The summed E-state index contributed by atoms with van der Waals surface area (Å²) in [4.78, 5) is 13.0. The first-order chi connectivity index (χ1) is 10.1. The largest absolute Gasteiger partial charge is 0.373 e. The van der Waals surface area contributed by atoms with Crippen molar-refractivity contribution in [1.82, 2.24) is 10.2 Å². The number of morpholine rings is 1. The molecule has 6 heteroatoms. The van der Waals surface area contributed by atoms with Gasteiger partial charge in [-0.3, -0.25) is 15.0 Å². The SMILES string of the molecule is C[C@@H]1CN(CCNCc2ccccc2[N+](=O)[O-])C[C@H](C)O1. The number of hydrogen-bond acceptors (Lipinski definition) is 5. The summed E-state index contributed by atoms with van der Waals surface area (Å²) in [6, 6.07) is 6.86. The van der Waals surface area contributed by atoms with Crippen LogP contribution in [0.5, 0.6) is 0 Å². The van der Waals surface area contributed by atoms with Crippen LogP contribution in [0.15, 0.2) is 24.3 Å². The average molecular weight is 293 g/mol. The van der Waals surface area contributed by atoms with Crippen LogP contribution in [-0.4, -0.2) is 48.2 Å². The normalized spacial score (nSPS) is 23.1. The Labute approximate surface area is 125 Å². The van der Waals surface area contributed by atoms with E-state index in [2.05, 4.69) is 24.1 Å². The van der Waals surface area contributed by atoms with Crippen LogP contribution in [0.3, 0.4) is 0 Å². The van der Waals surface area contributed by atoms with E-state index in [1.165, 1.54) is 0 Å². The first-order valence-corrected chi connectivity index (χ1v) is 7.37. The highest BCUT2D eigenvalue weighted by Crippen LogP contribution is 2.17. The summed E-state index contributed by atoms with van der Waals surface area (Å²) in [5.41, 5.74) is 0.907. The van der Waals surface area contributed by atoms with Crippen molar-refractivity contribution in [2.75, 3.05) is 26.2 Å². The molecule has 0 radical (unpaired) electrons. The number of ether oxygens (including phenoxy) is 1. The van der Waals surface area contributed by atoms with Crippen LogP contribution >= 0.6 is 0 Å². The Morgan fingerprint density at radius 1 is 1.33 bits per heavy atom. The lowest BCUT2D eigenvalue weighted by molar-refractivity contribution is -0.385. The minimum Gasteiger partial charge on any atom is -0.373 e. The molecule has 0 amide bonds. The molecule has 6 nitrogen and oxygen atoms in total. The first kappa shape index (κ1) is 15.9. The number of hydrogen-bond donors (Lipinski definition) is 1. The van der Waals surface area contributed by atoms with Crippen LogP contribution in [0.2, 0.25) is 0 Å². The summed E-state index contributed by atoms with van der Waals surface area (Å²) in [6.07, 6.45) is 0.535. The van der Waals surface area contributed by atoms with Crippen molar-refractivity contribution in [3.05, 3.63) is 39.9 Å². The average Bonchev–Trinajstić information content (AvgIpc) is 2.43. The summed E-state index contributed by atoms with van der Waals surface area (Å²) in [7, 11) is 0. The molecule has 0 aliphatic carbocycles. The number of nitro benzene ring substituents is 1. The van der Waals surface area contributed by atoms with Crippen LogP contribution < -0.4 is 5.32 Å². The van der Waals surface area contributed by atoms with E-state index in [0.717, 1.165) is 31.7 Å². The third-order valence-corrected chi connectivity index (χ3v) is 3.60. The fourth-order valence-corrected chi connectivity index (χ4v) is 2.77. The Hall–Kier alpha value is -1.50. The second-order valence-corrected chi connectivity index (χ2v) is 5.58. The van der Waals surface area contributed by atoms with Crippen molar-refractivity contribution >= 4 is 5.69 Å². The number of rotatable bonds is 6. The van der Waals surface area contributed by atoms with Gasteiger partial charge in [0, 0.05) is 44.4 Å². The lowest BCUT2D eigenvalue weighted by atomic mass is 10.2. The first-order valence-electron chi connectivity index (χ1n) is 7.37. The quantitative estimate of drug-likeness (QED) is 0.492. The van der Waals surface area contributed by atoms with Gasteiger partial charge in [-0.25, -0.2) is 0 Å². The van der Waals surface area contributed by atoms with Gasteiger partial charge in [0.25, 0.3) is 5.69 Å². The molecular formula is C15H23N3O3. The molecule has 116 valence electrons. The maximum atomic E-state index is 10.9. The maximum Gasteiger partial charge on any atom is 0.273 e. The van der Waals surface area contributed by atoms with Crippen molar-refractivity contribution < 1.29 is 9.66 Å². The molecule has 1 aromatic carbocycles. The third-order valence-electron chi connectivity index (χ3n) is 3.60. The van der Waals surface area contributed by atoms with E-state index in [1.807, 2.05) is 6.07 Å². The molecule has 0 unspecified atom stereocenters. The molecule has 0 bridgehead atoms. The van der Waals surface area contributed by atoms with Crippen molar-refractivity contribution in [1.29, 1.82) is 0 Å². The van der Waals surface area contributed by atoms with E-state index in [4.69, 9.17) is 4.74 Å². The Bertz CT molecular complexity index is 471. The molecule has 1 fully saturated rings. The smallest absolute Gasteiger partial charge is 0.273 e. The summed E-state index contributed by atoms with van der Waals surface area (Å²) in [5, 5.41) is 14.2. The van der Waals surface area contributed by atoms with Gasteiger partial charge in [-0.15, -0.1) is 0 Å². The second kappa shape index (κ2) is 7.49. The minimum atomic E-state index is -0.331. The van der Waals surface area contributed by atoms with Gasteiger partial charge in [-0.1, -0.05) is 18.2 Å². The number of nitrogens with zero attached hydrogens (tertiary/aromatic N) is 2. The number of nitrogens with one attached hydrogen (secondary N) is 1. The molecule has 1 heterocycles. The highest BCUT2D eigenvalue weighted by Gasteiger charge is 2.21. The van der Waals surface area contributed by atoms with Crippen LogP contribution in [-0.2, 0) is 11.3 Å². The topological polar surface area (TPSA) is 67.6 Å². The van der Waals surface area contributed by atoms with E-state index in [0.29, 0.717) is 6.54 Å². The zero-order valence-corrected chi connectivity index (χ0v) is 12.6. The monoisotopic (exact) mass is 293 g/mol. The van der Waals surface area contributed by atoms with Gasteiger partial charge in [0.05, 0.1) is 17.1 Å². The molecule has 1 aromatic rings. The van der Waals surface area contributed by atoms with Gasteiger partial charge in [0.1, 0.15) is 0 Å². The zero-order valence-electron chi connectivity index (χ0n) is 12.6. The zero-order chi connectivity index (χ0) is 15.2. The Balaban J connectivity index is 1.76. The van der Waals surface area contributed by atoms with Crippen molar-refractivity contribution in [2.45, 2.75) is 32.6 Å². The van der Waals surface area contributed by atoms with Gasteiger partial charge >= 0.3 is 0 Å². The molecule has 2 atom stereocenters. The maximum absolute atomic E-state index is 10.9. The summed E-state index contributed by atoms with van der Waals surface area (Å²) in [6.45, 7) is 8.32. The highest BCUT2D eigenvalue weighted by molar-refractivity contribution is 5.39. The standard InChI is InChI=1S/C15H23N3O3/c1-12-10-17(11-13(2)21-12)8-7-16-9-14-5-3-4-6-15(14)18(19)20/h3-6,12-13,16H,7-11H2,1-2H3/t12-,13+. The van der Waals surface area contributed by atoms with Crippen LogP contribution in [0.25, 0.3) is 0 Å². The lowest BCUT2D eigenvalue weighted by Gasteiger charge is -2.35. The second-order valence-electron chi connectivity index (χ2n) is 5.58. The summed E-state index contributed by atoms with van der Waals surface area (Å²) < 4.78 is 5.70. The van der Waals surface area contributed by atoms with E-state index >= 15 is 0 Å². The van der Waals surface area contributed by atoms with E-state index in [1.54, 1.807) is 18.2 Å². The molecule has 21 heavy (non-hydrogen) atoms. The van der Waals surface area contributed by atoms with E-state index < -0.39 is 0 Å². The molecule has 0 spiro atoms. The predicted octanol–water partition coefficient (Wildman–Crippen LogP) is 1.79. The predicted molar refractivity (Wildman–Crippen MR) is 81.3 cm³/mol. The van der Waals surface area contributed by atoms with Crippen LogP contribution in [0.4, 0.5) is 5.69 Å². The van der Waals surface area contributed by atoms with Gasteiger partial charge in [-0.2, -0.15) is 0 Å². The number of nitro groups is 1. The fourth-order valence-electron chi connectivity index (χ4n) is 2.77. The molecule has 0 aromatic heterocycles. The van der Waals surface area contributed by atoms with E-state index in [9.17, 15) is 10.1 Å². The minimum absolute atomic E-state index is 0.179. The summed E-state index contributed by atoms with van der Waals surface area (Å²) >= 11 is 0. The van der Waals surface area contributed by atoms with Gasteiger partial charge in [-0.05, 0) is 13.8 Å². The van der Waals surface area contributed by atoms with Crippen LogP contribution in [0.1, 0.15) is 19.4 Å².